The second-order valence-corrected chi connectivity index (χ2v) is 5.42. The summed E-state index contributed by atoms with van der Waals surface area (Å²) in [4.78, 5) is 0. The first-order chi connectivity index (χ1) is 6.86. The van der Waals surface area contributed by atoms with Gasteiger partial charge in [0.05, 0.1) is 0 Å². The highest BCUT2D eigenvalue weighted by Gasteiger charge is 2.19. The molecule has 0 radical (unpaired) electrons. The fourth-order valence-corrected chi connectivity index (χ4v) is 2.80. The molecule has 0 aliphatic heterocycles. The number of hydrogen-bond acceptors (Lipinski definition) is 2. The first kappa shape index (κ1) is 12.4. The van der Waals surface area contributed by atoms with Crippen molar-refractivity contribution < 1.29 is 0 Å². The van der Waals surface area contributed by atoms with E-state index >= 15 is 0 Å². The fraction of sp³-hybridized carbons (Fsp3) is 1.00. The Morgan fingerprint density at radius 2 is 2.21 bits per heavy atom. The van der Waals surface area contributed by atoms with Gasteiger partial charge in [0, 0.05) is 6.04 Å². The molecule has 0 bridgehead atoms. The molecule has 2 atom stereocenters. The van der Waals surface area contributed by atoms with Gasteiger partial charge >= 0.3 is 0 Å². The van der Waals surface area contributed by atoms with Gasteiger partial charge in [0.15, 0.2) is 0 Å². The lowest BCUT2D eigenvalue weighted by Crippen LogP contribution is -2.34. The van der Waals surface area contributed by atoms with Gasteiger partial charge < -0.3 is 5.32 Å². The third-order valence-corrected chi connectivity index (χ3v) is 4.02. The Morgan fingerprint density at radius 3 is 2.93 bits per heavy atom. The first-order valence-corrected chi connectivity index (χ1v) is 7.48. The highest BCUT2D eigenvalue weighted by molar-refractivity contribution is 7.98. The van der Waals surface area contributed by atoms with Crippen LogP contribution in [0.4, 0.5) is 0 Å². The van der Waals surface area contributed by atoms with E-state index in [4.69, 9.17) is 0 Å². The maximum atomic E-state index is 3.71. The van der Waals surface area contributed by atoms with E-state index in [2.05, 4.69) is 18.5 Å². The van der Waals surface area contributed by atoms with Crippen LogP contribution in [0.5, 0.6) is 0 Å². The van der Waals surface area contributed by atoms with Crippen molar-refractivity contribution in [3.63, 3.8) is 0 Å². The molecule has 1 nitrogen and oxygen atoms in total. The molecule has 2 unspecified atom stereocenters. The third kappa shape index (κ3) is 4.70. The molecule has 84 valence electrons. The Hall–Kier alpha value is 0.310. The van der Waals surface area contributed by atoms with Crippen molar-refractivity contribution in [1.82, 2.24) is 5.32 Å². The van der Waals surface area contributed by atoms with Crippen LogP contribution < -0.4 is 5.32 Å². The maximum absolute atomic E-state index is 3.71. The molecular weight excluding hydrogens is 190 g/mol. The molecule has 0 amide bonds. The molecule has 0 aromatic carbocycles. The van der Waals surface area contributed by atoms with Gasteiger partial charge in [-0.1, -0.05) is 26.2 Å². The number of rotatable bonds is 6. The molecule has 1 aliphatic rings. The molecular formula is C12H25NS. The maximum Gasteiger partial charge on any atom is 0.00697 e. The molecule has 1 saturated carbocycles. The number of thioether (sulfide) groups is 1. The van der Waals surface area contributed by atoms with Crippen LogP contribution in [0.1, 0.15) is 45.4 Å². The minimum absolute atomic E-state index is 0.829. The number of hydrogen-bond donors (Lipinski definition) is 1. The zero-order valence-corrected chi connectivity index (χ0v) is 10.5. The van der Waals surface area contributed by atoms with Gasteiger partial charge in [0.25, 0.3) is 0 Å². The Morgan fingerprint density at radius 1 is 1.36 bits per heavy atom. The summed E-state index contributed by atoms with van der Waals surface area (Å²) in [7, 11) is 0. The molecule has 2 heteroatoms. The summed E-state index contributed by atoms with van der Waals surface area (Å²) >= 11 is 1.95. The molecule has 0 saturated heterocycles. The summed E-state index contributed by atoms with van der Waals surface area (Å²) in [5.74, 6) is 2.30. The minimum Gasteiger partial charge on any atom is -0.314 e. The van der Waals surface area contributed by atoms with Gasteiger partial charge in [-0.2, -0.15) is 11.8 Å². The van der Waals surface area contributed by atoms with E-state index in [9.17, 15) is 0 Å². The number of nitrogens with one attached hydrogen (secondary N) is 1. The molecule has 14 heavy (non-hydrogen) atoms. The Bertz CT molecular complexity index is 138. The summed E-state index contributed by atoms with van der Waals surface area (Å²) in [6.07, 6.45) is 10.6. The van der Waals surface area contributed by atoms with Crippen LogP contribution in [0.25, 0.3) is 0 Å². The largest absolute Gasteiger partial charge is 0.314 e. The summed E-state index contributed by atoms with van der Waals surface area (Å²) in [6, 6.07) is 0.829. The SMILES string of the molecule is CCC1CCCC(NCCCSC)C1. The van der Waals surface area contributed by atoms with E-state index in [-0.39, 0.29) is 0 Å². The van der Waals surface area contributed by atoms with Crippen LogP contribution in [0.3, 0.4) is 0 Å². The van der Waals surface area contributed by atoms with Crippen LogP contribution in [-0.4, -0.2) is 24.6 Å². The fourth-order valence-electron chi connectivity index (χ4n) is 2.37. The van der Waals surface area contributed by atoms with Crippen LogP contribution in [0.2, 0.25) is 0 Å². The molecule has 1 N–H and O–H groups in total. The van der Waals surface area contributed by atoms with Gasteiger partial charge in [0.2, 0.25) is 0 Å². The van der Waals surface area contributed by atoms with Gasteiger partial charge in [0.1, 0.15) is 0 Å². The minimum atomic E-state index is 0.829. The average molecular weight is 215 g/mol. The monoisotopic (exact) mass is 215 g/mol. The van der Waals surface area contributed by atoms with Crippen molar-refractivity contribution in [3.8, 4) is 0 Å². The Kier molecular flexibility index (Phi) is 6.70. The summed E-state index contributed by atoms with van der Waals surface area (Å²) < 4.78 is 0. The van der Waals surface area contributed by atoms with Gasteiger partial charge in [-0.3, -0.25) is 0 Å². The quantitative estimate of drug-likeness (QED) is 0.682. The molecule has 1 fully saturated rings. The molecule has 1 aliphatic carbocycles. The molecule has 0 aromatic heterocycles. The summed E-state index contributed by atoms with van der Waals surface area (Å²) in [5, 5.41) is 3.71. The topological polar surface area (TPSA) is 12.0 Å². The van der Waals surface area contributed by atoms with Crippen molar-refractivity contribution >= 4 is 11.8 Å². The second-order valence-electron chi connectivity index (χ2n) is 4.44. The first-order valence-electron chi connectivity index (χ1n) is 6.09. The van der Waals surface area contributed by atoms with E-state index in [1.54, 1.807) is 0 Å². The zero-order valence-electron chi connectivity index (χ0n) is 9.72. The third-order valence-electron chi connectivity index (χ3n) is 3.32. The van der Waals surface area contributed by atoms with Crippen LogP contribution in [-0.2, 0) is 0 Å². The summed E-state index contributed by atoms with van der Waals surface area (Å²) in [6.45, 7) is 3.56. The highest BCUT2D eigenvalue weighted by Crippen LogP contribution is 2.26. The molecule has 0 spiro atoms. The Balaban J connectivity index is 2.05. The van der Waals surface area contributed by atoms with Crippen molar-refractivity contribution in [2.45, 2.75) is 51.5 Å². The van der Waals surface area contributed by atoms with Crippen molar-refractivity contribution in [3.05, 3.63) is 0 Å². The molecule has 1 rings (SSSR count). The van der Waals surface area contributed by atoms with E-state index in [1.165, 1.54) is 50.8 Å². The van der Waals surface area contributed by atoms with Crippen LogP contribution in [0.15, 0.2) is 0 Å². The predicted octanol–water partition coefficient (Wildman–Crippen LogP) is 3.30. The lowest BCUT2D eigenvalue weighted by molar-refractivity contribution is 0.280. The average Bonchev–Trinajstić information content (AvgIpc) is 2.25. The van der Waals surface area contributed by atoms with Crippen molar-refractivity contribution in [1.29, 1.82) is 0 Å². The van der Waals surface area contributed by atoms with Crippen LogP contribution >= 0.6 is 11.8 Å². The standard InChI is InChI=1S/C12H25NS/c1-3-11-6-4-7-12(10-11)13-8-5-9-14-2/h11-13H,3-10H2,1-2H3. The van der Waals surface area contributed by atoms with E-state index in [1.807, 2.05) is 11.8 Å². The van der Waals surface area contributed by atoms with E-state index < -0.39 is 0 Å². The smallest absolute Gasteiger partial charge is 0.00697 e. The zero-order chi connectivity index (χ0) is 10.2. The molecule has 0 aromatic rings. The second kappa shape index (κ2) is 7.58. The van der Waals surface area contributed by atoms with Gasteiger partial charge in [-0.15, -0.1) is 0 Å². The van der Waals surface area contributed by atoms with E-state index in [0.717, 1.165) is 12.0 Å². The molecule has 0 heterocycles. The van der Waals surface area contributed by atoms with E-state index in [0.29, 0.717) is 0 Å². The summed E-state index contributed by atoms with van der Waals surface area (Å²) in [5.41, 5.74) is 0. The van der Waals surface area contributed by atoms with Crippen molar-refractivity contribution in [2.75, 3.05) is 18.6 Å². The predicted molar refractivity (Wildman–Crippen MR) is 67.0 cm³/mol. The lowest BCUT2D eigenvalue weighted by atomic mass is 9.84. The van der Waals surface area contributed by atoms with Crippen molar-refractivity contribution in [2.24, 2.45) is 5.92 Å². The Labute approximate surface area is 93.4 Å². The lowest BCUT2D eigenvalue weighted by Gasteiger charge is -2.29. The van der Waals surface area contributed by atoms with Gasteiger partial charge in [-0.25, -0.2) is 0 Å². The highest BCUT2D eigenvalue weighted by atomic mass is 32.2. The van der Waals surface area contributed by atoms with Crippen LogP contribution in [0, 0.1) is 5.92 Å². The van der Waals surface area contributed by atoms with Gasteiger partial charge in [-0.05, 0) is 43.7 Å². The normalized spacial score (nSPS) is 27.9.